The van der Waals surface area contributed by atoms with Crippen LogP contribution >= 0.6 is 27.7 Å². The molecule has 0 saturated carbocycles. The fourth-order valence-electron chi connectivity index (χ4n) is 1.76. The monoisotopic (exact) mass is 379 g/mol. The van der Waals surface area contributed by atoms with Crippen LogP contribution in [0.25, 0.3) is 0 Å². The van der Waals surface area contributed by atoms with E-state index >= 15 is 0 Å². The van der Waals surface area contributed by atoms with Gasteiger partial charge in [0.15, 0.2) is 0 Å². The highest BCUT2D eigenvalue weighted by Crippen LogP contribution is 2.27. The molecular formula is C14H22BrNO2S2. The summed E-state index contributed by atoms with van der Waals surface area (Å²) in [7, 11) is -0.909. The summed E-state index contributed by atoms with van der Waals surface area (Å²) in [6.07, 6.45) is 1.60. The highest BCUT2D eigenvalue weighted by Gasteiger charge is 2.11. The zero-order valence-corrected chi connectivity index (χ0v) is 15.2. The van der Waals surface area contributed by atoms with Crippen LogP contribution in [0.4, 0.5) is 0 Å². The Kier molecular flexibility index (Phi) is 8.17. The Morgan fingerprint density at radius 2 is 2.05 bits per heavy atom. The van der Waals surface area contributed by atoms with Crippen molar-refractivity contribution in [2.24, 2.45) is 0 Å². The minimum Gasteiger partial charge on any atom is -0.316 e. The largest absolute Gasteiger partial charge is 0.316 e. The third-order valence-electron chi connectivity index (χ3n) is 3.13. The van der Waals surface area contributed by atoms with Gasteiger partial charge in [0.1, 0.15) is 9.84 Å². The zero-order valence-electron chi connectivity index (χ0n) is 11.9. The van der Waals surface area contributed by atoms with E-state index in [1.807, 2.05) is 25.2 Å². The van der Waals surface area contributed by atoms with Gasteiger partial charge in [0.2, 0.25) is 0 Å². The SMILES string of the molecule is CCS(=O)(=O)CCCC(CSc1ccccc1Br)NC. The van der Waals surface area contributed by atoms with Gasteiger partial charge in [0.25, 0.3) is 0 Å². The van der Waals surface area contributed by atoms with Gasteiger partial charge in [-0.05, 0) is 48.0 Å². The average molecular weight is 380 g/mol. The first-order valence-electron chi connectivity index (χ1n) is 6.73. The Labute approximate surface area is 135 Å². The molecule has 1 N–H and O–H groups in total. The lowest BCUT2D eigenvalue weighted by molar-refractivity contribution is 0.554. The van der Waals surface area contributed by atoms with Crippen molar-refractivity contribution in [2.75, 3.05) is 24.3 Å². The van der Waals surface area contributed by atoms with Gasteiger partial charge in [-0.25, -0.2) is 8.42 Å². The molecular weight excluding hydrogens is 358 g/mol. The Bertz CT molecular complexity index is 506. The fraction of sp³-hybridized carbons (Fsp3) is 0.571. The summed E-state index contributed by atoms with van der Waals surface area (Å²) in [5.41, 5.74) is 0. The van der Waals surface area contributed by atoms with Crippen LogP contribution in [0, 0.1) is 0 Å². The molecule has 1 aromatic carbocycles. The van der Waals surface area contributed by atoms with Gasteiger partial charge >= 0.3 is 0 Å². The summed E-state index contributed by atoms with van der Waals surface area (Å²) in [6.45, 7) is 1.70. The number of hydrogen-bond acceptors (Lipinski definition) is 4. The average Bonchev–Trinajstić information content (AvgIpc) is 2.44. The summed E-state index contributed by atoms with van der Waals surface area (Å²) in [5.74, 6) is 1.47. The third kappa shape index (κ3) is 6.61. The molecule has 0 saturated heterocycles. The molecule has 0 fully saturated rings. The third-order valence-corrected chi connectivity index (χ3v) is 7.11. The van der Waals surface area contributed by atoms with Gasteiger partial charge in [0, 0.05) is 26.9 Å². The van der Waals surface area contributed by atoms with Gasteiger partial charge in [-0.3, -0.25) is 0 Å². The smallest absolute Gasteiger partial charge is 0.150 e. The van der Waals surface area contributed by atoms with Gasteiger partial charge in [-0.1, -0.05) is 19.1 Å². The predicted octanol–water partition coefficient (Wildman–Crippen LogP) is 3.34. The Morgan fingerprint density at radius 1 is 1.35 bits per heavy atom. The molecule has 0 aliphatic carbocycles. The van der Waals surface area contributed by atoms with Crippen molar-refractivity contribution in [2.45, 2.75) is 30.7 Å². The van der Waals surface area contributed by atoms with Gasteiger partial charge < -0.3 is 5.32 Å². The second-order valence-electron chi connectivity index (χ2n) is 4.61. The number of thioether (sulfide) groups is 1. The van der Waals surface area contributed by atoms with Crippen molar-refractivity contribution in [3.8, 4) is 0 Å². The molecule has 1 unspecified atom stereocenters. The molecule has 1 rings (SSSR count). The normalized spacial score (nSPS) is 13.3. The van der Waals surface area contributed by atoms with Crippen molar-refractivity contribution in [1.29, 1.82) is 0 Å². The second kappa shape index (κ2) is 9.07. The zero-order chi connectivity index (χ0) is 15.0. The van der Waals surface area contributed by atoms with Crippen LogP contribution in [0.1, 0.15) is 19.8 Å². The number of halogens is 1. The van der Waals surface area contributed by atoms with Crippen LogP contribution < -0.4 is 5.32 Å². The van der Waals surface area contributed by atoms with Gasteiger partial charge in [-0.2, -0.15) is 0 Å². The molecule has 0 bridgehead atoms. The lowest BCUT2D eigenvalue weighted by atomic mass is 10.2. The minimum atomic E-state index is -2.84. The predicted molar refractivity (Wildman–Crippen MR) is 91.3 cm³/mol. The quantitative estimate of drug-likeness (QED) is 0.668. The number of sulfone groups is 1. The van der Waals surface area contributed by atoms with Crippen molar-refractivity contribution in [1.82, 2.24) is 5.32 Å². The van der Waals surface area contributed by atoms with Crippen LogP contribution in [-0.2, 0) is 9.84 Å². The van der Waals surface area contributed by atoms with Crippen LogP contribution in [0.3, 0.4) is 0 Å². The van der Waals surface area contributed by atoms with Crippen LogP contribution in [0.2, 0.25) is 0 Å². The Hall–Kier alpha value is -0.0400. The second-order valence-corrected chi connectivity index (χ2v) is 8.99. The molecule has 6 heteroatoms. The van der Waals surface area contributed by atoms with Crippen LogP contribution in [0.15, 0.2) is 33.6 Å². The number of hydrogen-bond donors (Lipinski definition) is 1. The fourth-order valence-corrected chi connectivity index (χ4v) is 4.38. The molecule has 1 aromatic rings. The maximum absolute atomic E-state index is 11.5. The standard InChI is InChI=1S/C14H22BrNO2S2/c1-3-20(17,18)10-6-7-12(16-2)11-19-14-9-5-4-8-13(14)15/h4-5,8-9,12,16H,3,6-7,10-11H2,1-2H3. The number of benzene rings is 1. The van der Waals surface area contributed by atoms with Crippen molar-refractivity contribution in [3.63, 3.8) is 0 Å². The maximum atomic E-state index is 11.5. The first-order valence-corrected chi connectivity index (χ1v) is 10.3. The van der Waals surface area contributed by atoms with E-state index in [0.717, 1.165) is 23.1 Å². The lowest BCUT2D eigenvalue weighted by Crippen LogP contribution is -2.28. The van der Waals surface area contributed by atoms with Crippen molar-refractivity contribution in [3.05, 3.63) is 28.7 Å². The summed E-state index contributed by atoms with van der Waals surface area (Å²) < 4.78 is 24.0. The molecule has 0 aliphatic rings. The van der Waals surface area contributed by atoms with E-state index in [2.05, 4.69) is 27.3 Å². The Balaban J connectivity index is 2.39. The van der Waals surface area contributed by atoms with E-state index in [0.29, 0.717) is 11.8 Å². The van der Waals surface area contributed by atoms with E-state index in [4.69, 9.17) is 0 Å². The van der Waals surface area contributed by atoms with E-state index < -0.39 is 9.84 Å². The first kappa shape index (κ1) is 18.0. The van der Waals surface area contributed by atoms with Crippen molar-refractivity contribution < 1.29 is 8.42 Å². The Morgan fingerprint density at radius 3 is 2.65 bits per heavy atom. The molecule has 1 atom stereocenters. The molecule has 0 aromatic heterocycles. The number of nitrogens with one attached hydrogen (secondary N) is 1. The van der Waals surface area contributed by atoms with E-state index in [-0.39, 0.29) is 5.75 Å². The number of rotatable bonds is 9. The molecule has 3 nitrogen and oxygen atoms in total. The summed E-state index contributed by atoms with van der Waals surface area (Å²) >= 11 is 5.32. The van der Waals surface area contributed by atoms with Crippen LogP contribution in [-0.4, -0.2) is 38.8 Å². The first-order chi connectivity index (χ1) is 9.48. The molecule has 0 aliphatic heterocycles. The van der Waals surface area contributed by atoms with Crippen molar-refractivity contribution >= 4 is 37.5 Å². The lowest BCUT2D eigenvalue weighted by Gasteiger charge is -2.16. The molecule has 0 amide bonds. The summed E-state index contributed by atoms with van der Waals surface area (Å²) in [4.78, 5) is 1.22. The van der Waals surface area contributed by atoms with E-state index in [9.17, 15) is 8.42 Å². The minimum absolute atomic E-state index is 0.239. The summed E-state index contributed by atoms with van der Waals surface area (Å²) in [6, 6.07) is 8.47. The molecule has 0 radical (unpaired) electrons. The molecule has 0 spiro atoms. The molecule has 114 valence electrons. The van der Waals surface area contributed by atoms with Crippen LogP contribution in [0.5, 0.6) is 0 Å². The summed E-state index contributed by atoms with van der Waals surface area (Å²) in [5, 5.41) is 3.27. The highest BCUT2D eigenvalue weighted by molar-refractivity contribution is 9.10. The van der Waals surface area contributed by atoms with E-state index in [1.165, 1.54) is 4.90 Å². The topological polar surface area (TPSA) is 46.2 Å². The van der Waals surface area contributed by atoms with Gasteiger partial charge in [0.05, 0.1) is 5.75 Å². The molecule has 20 heavy (non-hydrogen) atoms. The highest BCUT2D eigenvalue weighted by atomic mass is 79.9. The van der Waals surface area contributed by atoms with Gasteiger partial charge in [-0.15, -0.1) is 11.8 Å². The maximum Gasteiger partial charge on any atom is 0.150 e. The molecule has 0 heterocycles. The van der Waals surface area contributed by atoms with E-state index in [1.54, 1.807) is 18.7 Å².